The molecule has 0 aromatic carbocycles. The first-order chi connectivity index (χ1) is 16.7. The predicted octanol–water partition coefficient (Wildman–Crippen LogP) is 3.21. The molecule has 8 nitrogen and oxygen atoms in total. The molecule has 4 rings (SSSR count). The van der Waals surface area contributed by atoms with E-state index in [4.69, 9.17) is 12.2 Å². The Kier molecular flexibility index (Phi) is 7.74. The van der Waals surface area contributed by atoms with E-state index in [2.05, 4.69) is 11.0 Å². The van der Waals surface area contributed by atoms with Crippen LogP contribution in [0.1, 0.15) is 62.1 Å². The van der Waals surface area contributed by atoms with Crippen molar-refractivity contribution >= 4 is 55.9 Å². The van der Waals surface area contributed by atoms with Crippen LogP contribution in [0.4, 0.5) is 5.82 Å². The lowest BCUT2D eigenvalue weighted by Gasteiger charge is -2.29. The van der Waals surface area contributed by atoms with Gasteiger partial charge in [0, 0.05) is 25.2 Å². The normalized spacial score (nSPS) is 23.7. The fourth-order valence-corrected chi connectivity index (χ4v) is 8.19. The van der Waals surface area contributed by atoms with Crippen LogP contribution in [0.3, 0.4) is 0 Å². The minimum atomic E-state index is -3.18. The molecule has 1 unspecified atom stereocenters. The zero-order valence-corrected chi connectivity index (χ0v) is 22.5. The van der Waals surface area contributed by atoms with Gasteiger partial charge in [0.2, 0.25) is 0 Å². The number of hydrogen-bond donors (Lipinski definition) is 0. The van der Waals surface area contributed by atoms with Gasteiger partial charge in [-0.25, -0.2) is 8.42 Å². The zero-order chi connectivity index (χ0) is 25.3. The lowest BCUT2D eigenvalue weighted by molar-refractivity contribution is -0.123. The Bertz CT molecular complexity index is 1290. The summed E-state index contributed by atoms with van der Waals surface area (Å²) < 4.78 is 26.0. The molecule has 0 radical (unpaired) electrons. The van der Waals surface area contributed by atoms with E-state index in [0.29, 0.717) is 33.3 Å². The van der Waals surface area contributed by atoms with E-state index in [-0.39, 0.29) is 28.5 Å². The fraction of sp³-hybridized carbons (Fsp3) is 0.583. The largest absolute Gasteiger partial charge is 0.357 e. The number of thiocarbonyl (C=S) groups is 1. The third kappa shape index (κ3) is 5.06. The van der Waals surface area contributed by atoms with Gasteiger partial charge in [-0.05, 0) is 44.2 Å². The third-order valence-corrected chi connectivity index (χ3v) is 9.95. The van der Waals surface area contributed by atoms with Gasteiger partial charge in [-0.15, -0.1) is 0 Å². The first-order valence-electron chi connectivity index (χ1n) is 12.1. The Balaban J connectivity index is 1.85. The van der Waals surface area contributed by atoms with Gasteiger partial charge in [0.05, 0.1) is 22.5 Å². The highest BCUT2D eigenvalue weighted by Crippen LogP contribution is 2.38. The zero-order valence-electron chi connectivity index (χ0n) is 20.1. The van der Waals surface area contributed by atoms with E-state index in [9.17, 15) is 23.3 Å². The molecule has 0 saturated carbocycles. The summed E-state index contributed by atoms with van der Waals surface area (Å²) in [6.07, 6.45) is 7.13. The van der Waals surface area contributed by atoms with E-state index in [1.807, 2.05) is 6.92 Å². The van der Waals surface area contributed by atoms with Crippen LogP contribution in [0.15, 0.2) is 9.70 Å². The van der Waals surface area contributed by atoms with Crippen LogP contribution >= 0.6 is 24.0 Å². The molecule has 0 N–H and O–H groups in total. The van der Waals surface area contributed by atoms with Gasteiger partial charge in [0.1, 0.15) is 21.8 Å². The molecule has 3 fully saturated rings. The maximum atomic E-state index is 13.4. The number of hydrogen-bond acceptors (Lipinski definition) is 8. The molecule has 0 spiro atoms. The van der Waals surface area contributed by atoms with Gasteiger partial charge in [-0.2, -0.15) is 5.26 Å². The summed E-state index contributed by atoms with van der Waals surface area (Å²) in [5, 5.41) is 9.80. The number of nitrogens with zero attached hydrogens (tertiary/aromatic N) is 4. The number of amides is 1. The van der Waals surface area contributed by atoms with Crippen molar-refractivity contribution in [3.63, 3.8) is 0 Å². The number of sulfone groups is 1. The first kappa shape index (κ1) is 25.9. The molecule has 1 amide bonds. The van der Waals surface area contributed by atoms with Crippen LogP contribution in [-0.2, 0) is 21.2 Å². The average molecular weight is 535 g/mol. The van der Waals surface area contributed by atoms with Gasteiger partial charge in [0.15, 0.2) is 9.84 Å². The number of anilines is 1. The van der Waals surface area contributed by atoms with Crippen molar-refractivity contribution in [3.05, 3.63) is 31.9 Å². The number of aromatic nitrogens is 1. The topological polar surface area (TPSA) is 103 Å². The van der Waals surface area contributed by atoms with Crippen LogP contribution in [0, 0.1) is 18.3 Å². The SMILES string of the molecule is CCCn1c(N2CCCCCC2)c(/C=C2\SC(=S)N(C3CCS(=O)(=O)C3)C2=O)c(C)c(C#N)c1=O. The molecule has 0 bridgehead atoms. The Labute approximate surface area is 215 Å². The monoisotopic (exact) mass is 534 g/mol. The molecule has 1 atom stereocenters. The second kappa shape index (κ2) is 10.4. The van der Waals surface area contributed by atoms with E-state index in [0.717, 1.165) is 62.8 Å². The summed E-state index contributed by atoms with van der Waals surface area (Å²) in [7, 11) is -3.18. The molecule has 3 saturated heterocycles. The number of carbonyl (C=O) groups is 1. The summed E-state index contributed by atoms with van der Waals surface area (Å²) in [6, 6.07) is 1.63. The minimum absolute atomic E-state index is 0.0551. The van der Waals surface area contributed by atoms with Gasteiger partial charge >= 0.3 is 0 Å². The van der Waals surface area contributed by atoms with E-state index >= 15 is 0 Å². The molecular formula is C24H30N4O4S3. The van der Waals surface area contributed by atoms with Crippen LogP contribution in [0.5, 0.6) is 0 Å². The molecule has 3 aliphatic rings. The standard InChI is InChI=1S/C24H30N4O4S3/c1-3-9-27-21(26-10-6-4-5-7-11-26)18(16(2)19(14-25)22(27)29)13-20-23(30)28(24(33)34-20)17-8-12-35(31,32)15-17/h13,17H,3-12,15H2,1-2H3/b20-13-. The molecule has 4 heterocycles. The van der Waals surface area contributed by atoms with Crippen molar-refractivity contribution in [1.29, 1.82) is 5.26 Å². The van der Waals surface area contributed by atoms with Crippen LogP contribution in [0.25, 0.3) is 6.08 Å². The van der Waals surface area contributed by atoms with Crippen LogP contribution < -0.4 is 10.5 Å². The number of nitriles is 1. The molecule has 1 aromatic rings. The average Bonchev–Trinajstić information content (AvgIpc) is 3.15. The lowest BCUT2D eigenvalue weighted by atomic mass is 10.0. The molecule has 1 aromatic heterocycles. The Morgan fingerprint density at radius 3 is 2.46 bits per heavy atom. The summed E-state index contributed by atoms with van der Waals surface area (Å²) in [5.41, 5.74) is 1.03. The van der Waals surface area contributed by atoms with Gasteiger partial charge in [-0.3, -0.25) is 19.1 Å². The van der Waals surface area contributed by atoms with E-state index in [1.165, 1.54) is 4.90 Å². The van der Waals surface area contributed by atoms with E-state index in [1.54, 1.807) is 17.6 Å². The van der Waals surface area contributed by atoms with Crippen molar-refractivity contribution < 1.29 is 13.2 Å². The highest BCUT2D eigenvalue weighted by molar-refractivity contribution is 8.26. The number of carbonyl (C=O) groups excluding carboxylic acids is 1. The van der Waals surface area contributed by atoms with Crippen molar-refractivity contribution in [2.45, 2.75) is 65.0 Å². The van der Waals surface area contributed by atoms with Gasteiger partial charge in [-0.1, -0.05) is 43.7 Å². The molecule has 35 heavy (non-hydrogen) atoms. The summed E-state index contributed by atoms with van der Waals surface area (Å²) in [5.74, 6) is 0.420. The maximum absolute atomic E-state index is 13.4. The smallest absolute Gasteiger partial charge is 0.270 e. The molecule has 3 aliphatic heterocycles. The Morgan fingerprint density at radius 1 is 1.20 bits per heavy atom. The van der Waals surface area contributed by atoms with Gasteiger partial charge in [0.25, 0.3) is 11.5 Å². The van der Waals surface area contributed by atoms with Crippen molar-refractivity contribution in [2.75, 3.05) is 29.5 Å². The van der Waals surface area contributed by atoms with Crippen molar-refractivity contribution in [1.82, 2.24) is 9.47 Å². The summed E-state index contributed by atoms with van der Waals surface area (Å²) in [6.45, 7) is 5.83. The highest BCUT2D eigenvalue weighted by atomic mass is 32.2. The predicted molar refractivity (Wildman–Crippen MR) is 143 cm³/mol. The van der Waals surface area contributed by atoms with Crippen LogP contribution in [-0.4, -0.2) is 58.7 Å². The molecule has 188 valence electrons. The van der Waals surface area contributed by atoms with Crippen LogP contribution in [0.2, 0.25) is 0 Å². The van der Waals surface area contributed by atoms with Crippen molar-refractivity contribution in [3.8, 4) is 6.07 Å². The molecule has 0 aliphatic carbocycles. The Morgan fingerprint density at radius 2 is 1.89 bits per heavy atom. The molecular weight excluding hydrogens is 504 g/mol. The highest BCUT2D eigenvalue weighted by Gasteiger charge is 2.42. The van der Waals surface area contributed by atoms with E-state index < -0.39 is 15.9 Å². The summed E-state index contributed by atoms with van der Waals surface area (Å²) in [4.78, 5) is 30.7. The number of rotatable bonds is 5. The quantitative estimate of drug-likeness (QED) is 0.419. The second-order valence-corrected chi connectivity index (χ2v) is 13.2. The first-order valence-corrected chi connectivity index (χ1v) is 15.1. The fourth-order valence-electron chi connectivity index (χ4n) is 5.10. The summed E-state index contributed by atoms with van der Waals surface area (Å²) >= 11 is 6.64. The van der Waals surface area contributed by atoms with Gasteiger partial charge < -0.3 is 4.90 Å². The Hall–Kier alpha value is -2.16. The number of pyridine rings is 1. The minimum Gasteiger partial charge on any atom is -0.357 e. The lowest BCUT2D eigenvalue weighted by Crippen LogP contribution is -2.39. The second-order valence-electron chi connectivity index (χ2n) is 9.32. The molecule has 11 heteroatoms. The maximum Gasteiger partial charge on any atom is 0.270 e. The van der Waals surface area contributed by atoms with Crippen molar-refractivity contribution in [2.24, 2.45) is 0 Å². The number of thioether (sulfide) groups is 1. The third-order valence-electron chi connectivity index (χ3n) is 6.87.